The summed E-state index contributed by atoms with van der Waals surface area (Å²) in [5.41, 5.74) is 0.730. The van der Waals surface area contributed by atoms with E-state index in [0.29, 0.717) is 29.6 Å². The van der Waals surface area contributed by atoms with Crippen molar-refractivity contribution in [2.75, 3.05) is 13.1 Å². The molecule has 0 aromatic heterocycles. The van der Waals surface area contributed by atoms with E-state index in [0.717, 1.165) is 32.5 Å². The first kappa shape index (κ1) is 20.6. The average Bonchev–Trinajstić information content (AvgIpc) is 2.70. The van der Waals surface area contributed by atoms with Gasteiger partial charge in [0.05, 0.1) is 0 Å². The minimum atomic E-state index is -0.601. The van der Waals surface area contributed by atoms with Crippen molar-refractivity contribution < 1.29 is 4.79 Å². The quantitative estimate of drug-likeness (QED) is 0.754. The summed E-state index contributed by atoms with van der Waals surface area (Å²) in [5, 5.41) is 3.28. The van der Waals surface area contributed by atoms with Gasteiger partial charge in [-0.15, -0.1) is 0 Å². The maximum absolute atomic E-state index is 13.7. The number of hydrogen-bond donors (Lipinski definition) is 1. The Morgan fingerprint density at radius 2 is 1.97 bits per heavy atom. The molecule has 0 spiro atoms. The van der Waals surface area contributed by atoms with Gasteiger partial charge in [0.15, 0.2) is 5.54 Å². The Kier molecular flexibility index (Phi) is 5.83. The van der Waals surface area contributed by atoms with Crippen LogP contribution in [-0.4, -0.2) is 41.7 Å². The second-order valence-corrected chi connectivity index (χ2v) is 10.3. The van der Waals surface area contributed by atoms with Crippen molar-refractivity contribution in [1.82, 2.24) is 10.2 Å². The maximum atomic E-state index is 13.7. The van der Waals surface area contributed by atoms with Crippen molar-refractivity contribution in [3.05, 3.63) is 35.9 Å². The Morgan fingerprint density at radius 1 is 1.21 bits per heavy atom. The number of hydrogen-bond acceptors (Lipinski definition) is 3. The topological polar surface area (TPSA) is 44.7 Å². The molecule has 1 aromatic rings. The zero-order chi connectivity index (χ0) is 20.6. The second-order valence-electron chi connectivity index (χ2n) is 10.3. The minimum Gasteiger partial charge on any atom is -0.354 e. The van der Waals surface area contributed by atoms with Crippen molar-refractivity contribution in [2.24, 2.45) is 34.6 Å². The summed E-state index contributed by atoms with van der Waals surface area (Å²) in [6.45, 7) is 11.6. The van der Waals surface area contributed by atoms with E-state index in [2.05, 4.69) is 74.5 Å². The van der Waals surface area contributed by atoms with Gasteiger partial charge in [-0.05, 0) is 61.0 Å². The summed E-state index contributed by atoms with van der Waals surface area (Å²) in [6.07, 6.45) is 5.52. The number of nitrogens with zero attached hydrogens (tertiary/aromatic N) is 2. The van der Waals surface area contributed by atoms with Gasteiger partial charge in [-0.1, -0.05) is 58.0 Å². The molecule has 5 rings (SSSR count). The number of aliphatic imine (C=N–C) groups is 1. The van der Waals surface area contributed by atoms with Gasteiger partial charge in [0.1, 0.15) is 0 Å². The molecule has 158 valence electrons. The monoisotopic (exact) mass is 395 g/mol. The first-order valence-corrected chi connectivity index (χ1v) is 11.5. The molecule has 1 amide bonds. The number of carbonyl (C=O) groups is 1. The van der Waals surface area contributed by atoms with Crippen LogP contribution in [0.15, 0.2) is 35.3 Å². The summed E-state index contributed by atoms with van der Waals surface area (Å²) in [6, 6.07) is 10.9. The smallest absolute Gasteiger partial charge is 0.249 e. The highest BCUT2D eigenvalue weighted by Crippen LogP contribution is 2.54. The summed E-state index contributed by atoms with van der Waals surface area (Å²) in [7, 11) is 0. The predicted octanol–water partition coefficient (Wildman–Crippen LogP) is 4.15. The van der Waals surface area contributed by atoms with Crippen LogP contribution >= 0.6 is 0 Å². The lowest BCUT2D eigenvalue weighted by Gasteiger charge is -2.61. The van der Waals surface area contributed by atoms with Crippen LogP contribution in [0.5, 0.6) is 0 Å². The van der Waals surface area contributed by atoms with Gasteiger partial charge < -0.3 is 5.32 Å². The third-order valence-corrected chi connectivity index (χ3v) is 7.23. The standard InChI is InChI=1S/C25H37N3O/c1-17(2)12-22-20-13-21-10-11-28(16-19-8-6-5-7-9-19)23(22)25(21,27-15-20)24(29)26-14-18(3)4/h5-9,15,17-18,20-23H,10-14,16H2,1-4H3,(H,26,29). The van der Waals surface area contributed by atoms with E-state index in [1.807, 2.05) is 0 Å². The van der Waals surface area contributed by atoms with E-state index in [4.69, 9.17) is 4.99 Å². The highest BCUT2D eigenvalue weighted by Gasteiger charge is 2.64. The predicted molar refractivity (Wildman–Crippen MR) is 119 cm³/mol. The number of piperidine rings is 1. The maximum Gasteiger partial charge on any atom is 0.249 e. The van der Waals surface area contributed by atoms with Gasteiger partial charge in [-0.2, -0.15) is 0 Å². The Hall–Kier alpha value is -1.68. The number of carbonyl (C=O) groups excluding carboxylic acids is 1. The zero-order valence-corrected chi connectivity index (χ0v) is 18.5. The molecule has 5 atom stereocenters. The zero-order valence-electron chi connectivity index (χ0n) is 18.5. The van der Waals surface area contributed by atoms with E-state index in [1.54, 1.807) is 0 Å². The van der Waals surface area contributed by atoms with Crippen LogP contribution in [-0.2, 0) is 11.3 Å². The average molecular weight is 396 g/mol. The van der Waals surface area contributed by atoms with Gasteiger partial charge in [-0.25, -0.2) is 0 Å². The van der Waals surface area contributed by atoms with Crippen LogP contribution in [0, 0.1) is 29.6 Å². The molecular formula is C25H37N3O. The molecule has 4 aliphatic rings. The fraction of sp³-hybridized carbons (Fsp3) is 0.680. The molecule has 2 fully saturated rings. The highest BCUT2D eigenvalue weighted by atomic mass is 16.2. The third kappa shape index (κ3) is 3.76. The molecule has 3 heterocycles. The van der Waals surface area contributed by atoms with Crippen molar-refractivity contribution >= 4 is 12.1 Å². The van der Waals surface area contributed by atoms with Gasteiger partial charge in [0.2, 0.25) is 5.91 Å². The summed E-state index contributed by atoms with van der Waals surface area (Å²) >= 11 is 0. The SMILES string of the molecule is CC(C)CNC(=O)C12N=CC3CC1CCN(Cc1ccccc1)C2C3CC(C)C. The lowest BCUT2D eigenvalue weighted by atomic mass is 9.54. The van der Waals surface area contributed by atoms with Crippen LogP contribution in [0.4, 0.5) is 0 Å². The number of rotatable bonds is 7. The Morgan fingerprint density at radius 3 is 2.66 bits per heavy atom. The first-order valence-electron chi connectivity index (χ1n) is 11.5. The van der Waals surface area contributed by atoms with Gasteiger partial charge >= 0.3 is 0 Å². The van der Waals surface area contributed by atoms with Crippen LogP contribution in [0.3, 0.4) is 0 Å². The van der Waals surface area contributed by atoms with E-state index in [1.165, 1.54) is 12.0 Å². The molecule has 1 saturated heterocycles. The van der Waals surface area contributed by atoms with Crippen molar-refractivity contribution in [1.29, 1.82) is 0 Å². The summed E-state index contributed by atoms with van der Waals surface area (Å²) in [5.74, 6) is 2.66. The number of likely N-dealkylation sites (tertiary alicyclic amines) is 1. The molecule has 1 aliphatic carbocycles. The Labute approximate surface area is 176 Å². The summed E-state index contributed by atoms with van der Waals surface area (Å²) in [4.78, 5) is 21.3. The molecule has 4 heteroatoms. The van der Waals surface area contributed by atoms with E-state index < -0.39 is 5.54 Å². The van der Waals surface area contributed by atoms with Crippen LogP contribution in [0.25, 0.3) is 0 Å². The lowest BCUT2D eigenvalue weighted by Crippen LogP contribution is -2.74. The molecule has 4 bridgehead atoms. The van der Waals surface area contributed by atoms with E-state index in [9.17, 15) is 4.79 Å². The van der Waals surface area contributed by atoms with Crippen molar-refractivity contribution in [3.8, 4) is 0 Å². The molecule has 1 saturated carbocycles. The van der Waals surface area contributed by atoms with Crippen LogP contribution < -0.4 is 5.32 Å². The minimum absolute atomic E-state index is 0.169. The third-order valence-electron chi connectivity index (χ3n) is 7.23. The first-order chi connectivity index (χ1) is 13.9. The van der Waals surface area contributed by atoms with Gasteiger partial charge in [-0.3, -0.25) is 14.7 Å². The Bertz CT molecular complexity index is 744. The Balaban J connectivity index is 1.70. The molecular weight excluding hydrogens is 358 g/mol. The molecule has 5 unspecified atom stereocenters. The molecule has 1 N–H and O–H groups in total. The number of amides is 1. The largest absolute Gasteiger partial charge is 0.354 e. The second kappa shape index (κ2) is 8.22. The molecule has 4 nitrogen and oxygen atoms in total. The number of benzene rings is 1. The van der Waals surface area contributed by atoms with E-state index >= 15 is 0 Å². The number of nitrogens with one attached hydrogen (secondary N) is 1. The molecule has 1 aromatic carbocycles. The van der Waals surface area contributed by atoms with Crippen LogP contribution in [0.2, 0.25) is 0 Å². The summed E-state index contributed by atoms with van der Waals surface area (Å²) < 4.78 is 0. The van der Waals surface area contributed by atoms with Gasteiger partial charge in [0, 0.05) is 25.3 Å². The lowest BCUT2D eigenvalue weighted by molar-refractivity contribution is -0.145. The van der Waals surface area contributed by atoms with Gasteiger partial charge in [0.25, 0.3) is 0 Å². The molecule has 3 aliphatic heterocycles. The molecule has 29 heavy (non-hydrogen) atoms. The van der Waals surface area contributed by atoms with Crippen molar-refractivity contribution in [2.45, 2.75) is 65.1 Å². The fourth-order valence-electron chi connectivity index (χ4n) is 6.07. The highest BCUT2D eigenvalue weighted by molar-refractivity contribution is 5.91. The van der Waals surface area contributed by atoms with Crippen LogP contribution in [0.1, 0.15) is 52.5 Å². The molecule has 0 radical (unpaired) electrons. The van der Waals surface area contributed by atoms with E-state index in [-0.39, 0.29) is 11.9 Å². The fourth-order valence-corrected chi connectivity index (χ4v) is 6.07. The van der Waals surface area contributed by atoms with Crippen molar-refractivity contribution in [3.63, 3.8) is 0 Å². The normalized spacial score (nSPS) is 33.4.